The van der Waals surface area contributed by atoms with E-state index in [9.17, 15) is 9.18 Å². The highest BCUT2D eigenvalue weighted by molar-refractivity contribution is 5.81. The topological polar surface area (TPSA) is 41.1 Å². The Morgan fingerprint density at radius 1 is 1.45 bits per heavy atom. The average Bonchev–Trinajstić information content (AvgIpc) is 2.38. The number of carbonyl (C=O) groups is 1. The number of hydrogen-bond donors (Lipinski definition) is 2. The Morgan fingerprint density at radius 2 is 2.20 bits per heavy atom. The maximum Gasteiger partial charge on any atom is 0.237 e. The van der Waals surface area contributed by atoms with Crippen molar-refractivity contribution >= 4 is 5.91 Å². The molecule has 1 amide bonds. The molecule has 1 aliphatic rings. The van der Waals surface area contributed by atoms with E-state index in [0.29, 0.717) is 13.0 Å². The Balaban J connectivity index is 2.19. The van der Waals surface area contributed by atoms with Gasteiger partial charge in [0.05, 0.1) is 6.04 Å². The number of piperidine rings is 1. The number of nitrogens with one attached hydrogen (secondary N) is 2. The van der Waals surface area contributed by atoms with Gasteiger partial charge in [-0.3, -0.25) is 4.79 Å². The molecule has 20 heavy (non-hydrogen) atoms. The van der Waals surface area contributed by atoms with Gasteiger partial charge in [0.15, 0.2) is 0 Å². The maximum absolute atomic E-state index is 14.3. The SMILES string of the molecule is CCNC(=O)C1CC(c2c(C)cc(C)cc2F)CCN1. The zero-order valence-electron chi connectivity index (χ0n) is 12.4. The first kappa shape index (κ1) is 15.0. The van der Waals surface area contributed by atoms with Gasteiger partial charge in [-0.1, -0.05) is 6.07 Å². The highest BCUT2D eigenvalue weighted by Crippen LogP contribution is 2.32. The van der Waals surface area contributed by atoms with Crippen molar-refractivity contribution in [3.8, 4) is 0 Å². The van der Waals surface area contributed by atoms with Gasteiger partial charge in [0.25, 0.3) is 0 Å². The number of carbonyl (C=O) groups excluding carboxylic acids is 1. The quantitative estimate of drug-likeness (QED) is 0.891. The molecule has 1 aromatic rings. The predicted octanol–water partition coefficient (Wildman–Crippen LogP) is 2.41. The molecule has 0 spiro atoms. The lowest BCUT2D eigenvalue weighted by Crippen LogP contribution is -2.48. The van der Waals surface area contributed by atoms with Crippen LogP contribution in [0.5, 0.6) is 0 Å². The van der Waals surface area contributed by atoms with E-state index in [1.807, 2.05) is 26.8 Å². The second-order valence-electron chi connectivity index (χ2n) is 5.60. The molecule has 0 aliphatic carbocycles. The Kier molecular flexibility index (Phi) is 4.76. The highest BCUT2D eigenvalue weighted by atomic mass is 19.1. The molecule has 1 fully saturated rings. The minimum Gasteiger partial charge on any atom is -0.355 e. The summed E-state index contributed by atoms with van der Waals surface area (Å²) in [5.41, 5.74) is 2.72. The predicted molar refractivity (Wildman–Crippen MR) is 78.3 cm³/mol. The van der Waals surface area contributed by atoms with Gasteiger partial charge in [-0.2, -0.15) is 0 Å². The van der Waals surface area contributed by atoms with Crippen LogP contribution in [0.1, 0.15) is 42.4 Å². The maximum atomic E-state index is 14.3. The van der Waals surface area contributed by atoms with Gasteiger partial charge in [0.2, 0.25) is 5.91 Å². The van der Waals surface area contributed by atoms with Gasteiger partial charge in [-0.15, -0.1) is 0 Å². The summed E-state index contributed by atoms with van der Waals surface area (Å²) >= 11 is 0. The zero-order chi connectivity index (χ0) is 14.7. The number of benzene rings is 1. The number of rotatable bonds is 3. The summed E-state index contributed by atoms with van der Waals surface area (Å²) in [7, 11) is 0. The van der Waals surface area contributed by atoms with Crippen molar-refractivity contribution in [3.05, 3.63) is 34.6 Å². The van der Waals surface area contributed by atoms with Crippen LogP contribution in [0.15, 0.2) is 12.1 Å². The standard InChI is InChI=1S/C16H23FN2O/c1-4-18-16(20)14-9-12(5-6-19-14)15-11(3)7-10(2)8-13(15)17/h7-8,12,14,19H,4-6,9H2,1-3H3,(H,18,20). The summed E-state index contributed by atoms with van der Waals surface area (Å²) in [6.45, 7) is 7.13. The third-order valence-electron chi connectivity index (χ3n) is 3.96. The zero-order valence-corrected chi connectivity index (χ0v) is 12.4. The Bertz CT molecular complexity index is 478. The molecule has 0 radical (unpaired) electrons. The van der Waals surface area contributed by atoms with Crippen molar-refractivity contribution in [1.29, 1.82) is 0 Å². The molecular formula is C16H23FN2O. The summed E-state index contributed by atoms with van der Waals surface area (Å²) in [4.78, 5) is 11.9. The molecule has 2 rings (SSSR count). The Labute approximate surface area is 120 Å². The van der Waals surface area contributed by atoms with Gasteiger partial charge < -0.3 is 10.6 Å². The largest absolute Gasteiger partial charge is 0.355 e. The van der Waals surface area contributed by atoms with Crippen LogP contribution in [0.4, 0.5) is 4.39 Å². The molecule has 1 aliphatic heterocycles. The van der Waals surface area contributed by atoms with Crippen molar-refractivity contribution in [3.63, 3.8) is 0 Å². The molecule has 3 nitrogen and oxygen atoms in total. The van der Waals surface area contributed by atoms with Gasteiger partial charge >= 0.3 is 0 Å². The Morgan fingerprint density at radius 3 is 2.85 bits per heavy atom. The monoisotopic (exact) mass is 278 g/mol. The third kappa shape index (κ3) is 3.18. The van der Waals surface area contributed by atoms with E-state index >= 15 is 0 Å². The molecule has 1 heterocycles. The van der Waals surface area contributed by atoms with E-state index in [4.69, 9.17) is 0 Å². The van der Waals surface area contributed by atoms with Crippen molar-refractivity contribution < 1.29 is 9.18 Å². The normalized spacial score (nSPS) is 22.6. The van der Waals surface area contributed by atoms with Crippen molar-refractivity contribution in [2.75, 3.05) is 13.1 Å². The second-order valence-corrected chi connectivity index (χ2v) is 5.60. The lowest BCUT2D eigenvalue weighted by Gasteiger charge is -2.31. The fraction of sp³-hybridized carbons (Fsp3) is 0.562. The van der Waals surface area contributed by atoms with Gasteiger partial charge in [-0.05, 0) is 68.8 Å². The summed E-state index contributed by atoms with van der Waals surface area (Å²) in [6.07, 6.45) is 1.53. The summed E-state index contributed by atoms with van der Waals surface area (Å²) in [6, 6.07) is 3.39. The molecule has 0 aromatic heterocycles. The van der Waals surface area contributed by atoms with Gasteiger partial charge in [0.1, 0.15) is 5.82 Å². The summed E-state index contributed by atoms with van der Waals surface area (Å²) in [5.74, 6) is -0.00382. The van der Waals surface area contributed by atoms with E-state index in [1.165, 1.54) is 0 Å². The van der Waals surface area contributed by atoms with Crippen LogP contribution in [-0.2, 0) is 4.79 Å². The minimum atomic E-state index is -0.214. The first-order valence-corrected chi connectivity index (χ1v) is 7.30. The van der Waals surface area contributed by atoms with E-state index in [-0.39, 0.29) is 23.7 Å². The van der Waals surface area contributed by atoms with Crippen molar-refractivity contribution in [2.45, 2.75) is 45.6 Å². The van der Waals surface area contributed by atoms with Crippen LogP contribution in [-0.4, -0.2) is 25.0 Å². The van der Waals surface area contributed by atoms with E-state index in [0.717, 1.165) is 29.7 Å². The van der Waals surface area contributed by atoms with Crippen LogP contribution in [0.2, 0.25) is 0 Å². The molecule has 1 saturated heterocycles. The van der Waals surface area contributed by atoms with Crippen LogP contribution < -0.4 is 10.6 Å². The molecule has 1 aromatic carbocycles. The van der Waals surface area contributed by atoms with Crippen molar-refractivity contribution in [1.82, 2.24) is 10.6 Å². The number of likely N-dealkylation sites (N-methyl/N-ethyl adjacent to an activating group) is 1. The lowest BCUT2D eigenvalue weighted by molar-refractivity contribution is -0.123. The average molecular weight is 278 g/mol. The molecule has 2 atom stereocenters. The first-order chi connectivity index (χ1) is 9.52. The lowest BCUT2D eigenvalue weighted by atomic mass is 9.83. The number of aryl methyl sites for hydroxylation is 2. The van der Waals surface area contributed by atoms with Crippen LogP contribution in [0.25, 0.3) is 0 Å². The molecule has 110 valence electrons. The first-order valence-electron chi connectivity index (χ1n) is 7.30. The highest BCUT2D eigenvalue weighted by Gasteiger charge is 2.29. The minimum absolute atomic E-state index is 0.0161. The molecule has 2 unspecified atom stereocenters. The van der Waals surface area contributed by atoms with Crippen LogP contribution >= 0.6 is 0 Å². The van der Waals surface area contributed by atoms with E-state index in [2.05, 4.69) is 10.6 Å². The number of hydrogen-bond acceptors (Lipinski definition) is 2. The second kappa shape index (κ2) is 6.35. The molecular weight excluding hydrogens is 255 g/mol. The van der Waals surface area contributed by atoms with Gasteiger partial charge in [-0.25, -0.2) is 4.39 Å². The molecule has 0 bridgehead atoms. The van der Waals surface area contributed by atoms with Crippen molar-refractivity contribution in [2.24, 2.45) is 0 Å². The summed E-state index contributed by atoms with van der Waals surface area (Å²) < 4.78 is 14.3. The fourth-order valence-electron chi connectivity index (χ4n) is 3.12. The van der Waals surface area contributed by atoms with Gasteiger partial charge in [0, 0.05) is 6.54 Å². The third-order valence-corrected chi connectivity index (χ3v) is 3.96. The molecule has 0 saturated carbocycles. The molecule has 4 heteroatoms. The van der Waals surface area contributed by atoms with Crippen LogP contribution in [0, 0.1) is 19.7 Å². The van der Waals surface area contributed by atoms with E-state index in [1.54, 1.807) is 6.07 Å². The number of amides is 1. The smallest absolute Gasteiger partial charge is 0.237 e. The van der Waals surface area contributed by atoms with Crippen LogP contribution in [0.3, 0.4) is 0 Å². The Hall–Kier alpha value is -1.42. The number of halogens is 1. The fourth-order valence-corrected chi connectivity index (χ4v) is 3.12. The van der Waals surface area contributed by atoms with E-state index < -0.39 is 0 Å². The molecule has 2 N–H and O–H groups in total. The summed E-state index contributed by atoms with van der Waals surface area (Å²) in [5, 5.41) is 6.05.